The fraction of sp³-hybridized carbons (Fsp3) is 0.294. The van der Waals surface area contributed by atoms with Gasteiger partial charge in [-0.1, -0.05) is 17.3 Å². The molecule has 2 heterocycles. The van der Waals surface area contributed by atoms with Crippen LogP contribution in [0.5, 0.6) is 0 Å². The summed E-state index contributed by atoms with van der Waals surface area (Å²) in [5, 5.41) is 6.34. The van der Waals surface area contributed by atoms with Gasteiger partial charge in [-0.05, 0) is 19.1 Å². The summed E-state index contributed by atoms with van der Waals surface area (Å²) in [5.41, 5.74) is 0.721. The highest BCUT2D eigenvalue weighted by molar-refractivity contribution is 6.07. The minimum Gasteiger partial charge on any atom is -0.465 e. The zero-order valence-corrected chi connectivity index (χ0v) is 13.8. The van der Waals surface area contributed by atoms with E-state index in [0.717, 1.165) is 0 Å². The van der Waals surface area contributed by atoms with Gasteiger partial charge in [-0.15, -0.1) is 0 Å². The lowest BCUT2D eigenvalue weighted by Crippen LogP contribution is -2.29. The number of carbonyl (C=O) groups is 3. The zero-order valence-electron chi connectivity index (χ0n) is 13.8. The first kappa shape index (κ1) is 16.7. The van der Waals surface area contributed by atoms with Crippen LogP contribution in [0.25, 0.3) is 0 Å². The summed E-state index contributed by atoms with van der Waals surface area (Å²) in [6, 6.07) is 8.25. The molecule has 8 nitrogen and oxygen atoms in total. The molecule has 0 spiro atoms. The van der Waals surface area contributed by atoms with Crippen molar-refractivity contribution in [1.29, 1.82) is 0 Å². The van der Waals surface area contributed by atoms with Crippen molar-refractivity contribution in [2.24, 2.45) is 5.92 Å². The molecule has 1 aromatic carbocycles. The lowest BCUT2D eigenvalue weighted by molar-refractivity contribution is -0.122. The number of methoxy groups -OCH3 is 1. The average molecular weight is 343 g/mol. The van der Waals surface area contributed by atoms with E-state index >= 15 is 0 Å². The maximum atomic E-state index is 12.4. The maximum absolute atomic E-state index is 12.4. The van der Waals surface area contributed by atoms with Crippen molar-refractivity contribution in [1.82, 2.24) is 5.16 Å². The number of rotatable bonds is 4. The molecule has 0 radical (unpaired) electrons. The molecule has 1 aliphatic rings. The highest BCUT2D eigenvalue weighted by Crippen LogP contribution is 2.29. The number of amides is 2. The number of benzene rings is 1. The third-order valence-corrected chi connectivity index (χ3v) is 3.98. The summed E-state index contributed by atoms with van der Waals surface area (Å²) in [6.45, 7) is 1.89. The van der Waals surface area contributed by atoms with E-state index in [-0.39, 0.29) is 30.3 Å². The van der Waals surface area contributed by atoms with E-state index in [2.05, 4.69) is 10.5 Å². The van der Waals surface area contributed by atoms with Crippen molar-refractivity contribution in [3.63, 3.8) is 0 Å². The van der Waals surface area contributed by atoms with Gasteiger partial charge in [-0.2, -0.15) is 0 Å². The molecule has 25 heavy (non-hydrogen) atoms. The Bertz CT molecular complexity index is 829. The van der Waals surface area contributed by atoms with E-state index < -0.39 is 11.9 Å². The molecule has 1 saturated heterocycles. The molecule has 2 amide bonds. The van der Waals surface area contributed by atoms with E-state index in [0.29, 0.717) is 17.3 Å². The second-order valence-corrected chi connectivity index (χ2v) is 5.73. The summed E-state index contributed by atoms with van der Waals surface area (Å²) >= 11 is 0. The van der Waals surface area contributed by atoms with Gasteiger partial charge in [0.2, 0.25) is 11.8 Å². The molecule has 1 aromatic heterocycles. The summed E-state index contributed by atoms with van der Waals surface area (Å²) in [5.74, 6) is -0.744. The predicted molar refractivity (Wildman–Crippen MR) is 88.1 cm³/mol. The minimum absolute atomic E-state index is 0.0537. The lowest BCUT2D eigenvalue weighted by atomic mass is 10.1. The van der Waals surface area contributed by atoms with Crippen LogP contribution in [0.3, 0.4) is 0 Å². The number of aryl methyl sites for hydroxylation is 1. The molecule has 1 N–H and O–H groups in total. The molecule has 0 bridgehead atoms. The number of ether oxygens (including phenoxy) is 1. The van der Waals surface area contributed by atoms with Crippen molar-refractivity contribution in [2.45, 2.75) is 13.3 Å². The number of anilines is 2. The molecule has 1 atom stereocenters. The molecular formula is C17H17N3O5. The van der Waals surface area contributed by atoms with Crippen LogP contribution in [0.15, 0.2) is 34.9 Å². The van der Waals surface area contributed by atoms with Gasteiger partial charge >= 0.3 is 5.97 Å². The maximum Gasteiger partial charge on any atom is 0.339 e. The Hall–Kier alpha value is -3.16. The van der Waals surface area contributed by atoms with Gasteiger partial charge in [-0.3, -0.25) is 9.59 Å². The van der Waals surface area contributed by atoms with E-state index in [1.807, 2.05) is 0 Å². The Morgan fingerprint density at radius 2 is 2.12 bits per heavy atom. The summed E-state index contributed by atoms with van der Waals surface area (Å²) in [6.07, 6.45) is 0.0537. The monoisotopic (exact) mass is 343 g/mol. The first-order chi connectivity index (χ1) is 12.0. The predicted octanol–water partition coefficient (Wildman–Crippen LogP) is 1.76. The third-order valence-electron chi connectivity index (χ3n) is 3.98. The van der Waals surface area contributed by atoms with E-state index in [4.69, 9.17) is 9.26 Å². The largest absolute Gasteiger partial charge is 0.465 e. The Balaban J connectivity index is 1.77. The van der Waals surface area contributed by atoms with Crippen LogP contribution in [0, 0.1) is 12.8 Å². The number of esters is 1. The van der Waals surface area contributed by atoms with Gasteiger partial charge in [0.05, 0.1) is 24.3 Å². The fourth-order valence-electron chi connectivity index (χ4n) is 2.76. The van der Waals surface area contributed by atoms with Crippen LogP contribution in [0.2, 0.25) is 0 Å². The number of para-hydroxylation sites is 1. The van der Waals surface area contributed by atoms with Gasteiger partial charge in [0.15, 0.2) is 5.82 Å². The van der Waals surface area contributed by atoms with Crippen molar-refractivity contribution in [3.8, 4) is 0 Å². The summed E-state index contributed by atoms with van der Waals surface area (Å²) < 4.78 is 9.65. The van der Waals surface area contributed by atoms with Crippen LogP contribution in [0.1, 0.15) is 22.5 Å². The quantitative estimate of drug-likeness (QED) is 0.849. The summed E-state index contributed by atoms with van der Waals surface area (Å²) in [4.78, 5) is 38.1. The molecule has 8 heteroatoms. The topological polar surface area (TPSA) is 102 Å². The molecule has 3 rings (SSSR count). The lowest BCUT2D eigenvalue weighted by Gasteiger charge is -2.19. The SMILES string of the molecule is COC(=O)c1ccccc1N1CC(C(=O)Nc2cc(C)on2)CC1=O. The van der Waals surface area contributed by atoms with Gasteiger partial charge < -0.3 is 19.5 Å². The second kappa shape index (κ2) is 6.76. The van der Waals surface area contributed by atoms with Crippen LogP contribution >= 0.6 is 0 Å². The standard InChI is InChI=1S/C17H17N3O5/c1-10-7-14(19-25-10)18-16(22)11-8-15(21)20(9-11)13-6-4-3-5-12(13)17(23)24-2/h3-7,11H,8-9H2,1-2H3,(H,18,19,22). The van der Waals surface area contributed by atoms with Gasteiger partial charge in [0.25, 0.3) is 0 Å². The third kappa shape index (κ3) is 3.37. The molecule has 1 unspecified atom stereocenters. The Morgan fingerprint density at radius 3 is 2.80 bits per heavy atom. The smallest absolute Gasteiger partial charge is 0.339 e. The number of hydrogen-bond acceptors (Lipinski definition) is 6. The van der Waals surface area contributed by atoms with Crippen molar-refractivity contribution in [3.05, 3.63) is 41.7 Å². The van der Waals surface area contributed by atoms with E-state index in [1.165, 1.54) is 12.0 Å². The van der Waals surface area contributed by atoms with Crippen LogP contribution in [-0.4, -0.2) is 36.6 Å². The normalized spacial score (nSPS) is 16.8. The highest BCUT2D eigenvalue weighted by atomic mass is 16.5. The molecule has 1 aliphatic heterocycles. The van der Waals surface area contributed by atoms with E-state index in [1.54, 1.807) is 37.3 Å². The van der Waals surface area contributed by atoms with Crippen molar-refractivity contribution < 1.29 is 23.6 Å². The minimum atomic E-state index is -0.546. The molecule has 0 aliphatic carbocycles. The van der Waals surface area contributed by atoms with Crippen molar-refractivity contribution >= 4 is 29.3 Å². The fourth-order valence-corrected chi connectivity index (χ4v) is 2.76. The van der Waals surface area contributed by atoms with Crippen LogP contribution in [-0.2, 0) is 14.3 Å². The number of hydrogen-bond donors (Lipinski definition) is 1. The van der Waals surface area contributed by atoms with Gasteiger partial charge in [-0.25, -0.2) is 4.79 Å². The molecule has 0 saturated carbocycles. The summed E-state index contributed by atoms with van der Waals surface area (Å²) in [7, 11) is 1.28. The van der Waals surface area contributed by atoms with Gasteiger partial charge in [0.1, 0.15) is 5.76 Å². The highest BCUT2D eigenvalue weighted by Gasteiger charge is 2.36. The number of nitrogens with one attached hydrogen (secondary N) is 1. The Kier molecular flexibility index (Phi) is 4.51. The molecule has 130 valence electrons. The molecule has 1 fully saturated rings. The zero-order chi connectivity index (χ0) is 18.0. The molecule has 2 aromatic rings. The molecular weight excluding hydrogens is 326 g/mol. The first-order valence-electron chi connectivity index (χ1n) is 7.71. The number of nitrogens with zero attached hydrogens (tertiary/aromatic N) is 2. The first-order valence-corrected chi connectivity index (χ1v) is 7.71. The average Bonchev–Trinajstić information content (AvgIpc) is 3.19. The van der Waals surface area contributed by atoms with Crippen LogP contribution in [0.4, 0.5) is 11.5 Å². The Morgan fingerprint density at radius 1 is 1.36 bits per heavy atom. The van der Waals surface area contributed by atoms with Gasteiger partial charge in [0, 0.05) is 19.0 Å². The van der Waals surface area contributed by atoms with Crippen molar-refractivity contribution in [2.75, 3.05) is 23.9 Å². The second-order valence-electron chi connectivity index (χ2n) is 5.73. The number of carbonyl (C=O) groups excluding carboxylic acids is 3. The van der Waals surface area contributed by atoms with Crippen LogP contribution < -0.4 is 10.2 Å². The Labute approximate surface area is 143 Å². The van der Waals surface area contributed by atoms with E-state index in [9.17, 15) is 14.4 Å². The number of aromatic nitrogens is 1.